The fourth-order valence-electron chi connectivity index (χ4n) is 4.54. The Kier molecular flexibility index (Phi) is 6.40. The molecule has 3 aliphatic rings. The number of aliphatic carboxylic acids is 1. The number of rotatable bonds is 5. The van der Waals surface area contributed by atoms with E-state index < -0.39 is 27.7 Å². The third kappa shape index (κ3) is 5.02. The van der Waals surface area contributed by atoms with Crippen molar-refractivity contribution in [1.82, 2.24) is 29.5 Å². The maximum absolute atomic E-state index is 13.0. The van der Waals surface area contributed by atoms with Crippen molar-refractivity contribution < 1.29 is 31.5 Å². The van der Waals surface area contributed by atoms with E-state index in [9.17, 15) is 26.9 Å². The van der Waals surface area contributed by atoms with E-state index in [2.05, 4.69) is 30.8 Å². The van der Waals surface area contributed by atoms with Crippen LogP contribution in [0.25, 0.3) is 22.8 Å². The lowest BCUT2D eigenvalue weighted by Gasteiger charge is -2.66. The van der Waals surface area contributed by atoms with Crippen molar-refractivity contribution in [2.24, 2.45) is 12.5 Å². The van der Waals surface area contributed by atoms with Gasteiger partial charge in [0, 0.05) is 18.2 Å². The van der Waals surface area contributed by atoms with Crippen molar-refractivity contribution in [3.05, 3.63) is 36.3 Å². The molecule has 38 heavy (non-hydrogen) atoms. The molecule has 0 unspecified atom stereocenters. The van der Waals surface area contributed by atoms with E-state index in [1.54, 1.807) is 25.2 Å². The summed E-state index contributed by atoms with van der Waals surface area (Å²) < 4.78 is 62.1. The van der Waals surface area contributed by atoms with Gasteiger partial charge in [-0.3, -0.25) is 4.68 Å². The average molecular weight is 551 g/mol. The molecule has 4 N–H and O–H groups in total. The first-order valence-corrected chi connectivity index (χ1v) is 12.4. The highest BCUT2D eigenvalue weighted by Crippen LogP contribution is 2.67. The number of hydrogen-bond donors (Lipinski definition) is 3. The monoisotopic (exact) mass is 550 g/mol. The molecular weight excluding hydrogens is 529 g/mol. The first-order valence-electron chi connectivity index (χ1n) is 10.9. The molecule has 0 saturated heterocycles. The van der Waals surface area contributed by atoms with Gasteiger partial charge in [-0.05, 0) is 43.9 Å². The molecule has 3 aliphatic carbocycles. The third-order valence-electron chi connectivity index (χ3n) is 6.27. The Bertz CT molecular complexity index is 1560. The van der Waals surface area contributed by atoms with Crippen molar-refractivity contribution in [3.63, 3.8) is 0 Å². The molecule has 0 radical (unpaired) electrons. The zero-order chi connectivity index (χ0) is 28.1. The van der Waals surface area contributed by atoms with Gasteiger partial charge >= 0.3 is 12.1 Å². The molecule has 6 rings (SSSR count). The molecular formula is C22H21F3N8O4S. The van der Waals surface area contributed by atoms with Crippen LogP contribution in [0.15, 0.2) is 35.6 Å². The van der Waals surface area contributed by atoms with Crippen LogP contribution < -0.4 is 10.5 Å². The van der Waals surface area contributed by atoms with Crippen molar-refractivity contribution in [1.29, 1.82) is 5.26 Å². The molecule has 2 heterocycles. The normalized spacial score (nSPS) is 21.8. The first-order chi connectivity index (χ1) is 17.6. The van der Waals surface area contributed by atoms with E-state index in [1.165, 1.54) is 17.2 Å². The molecule has 200 valence electrons. The SMILES string of the molecule is Cc1ccc(S(=O)(=O)NC23CC(C#N)(C2)C3)cc1-c1cnc(N)c(-c2ncn(C)n2)n1.O=C(O)C(F)(F)F. The molecule has 0 atom stereocenters. The van der Waals surface area contributed by atoms with E-state index in [0.717, 1.165) is 5.56 Å². The summed E-state index contributed by atoms with van der Waals surface area (Å²) in [7, 11) is -2.01. The number of nitrogens with two attached hydrogens (primary N) is 1. The number of anilines is 1. The van der Waals surface area contributed by atoms with Crippen LogP contribution >= 0.6 is 0 Å². The summed E-state index contributed by atoms with van der Waals surface area (Å²) in [6.07, 6.45) is -0.338. The van der Waals surface area contributed by atoms with Gasteiger partial charge < -0.3 is 10.8 Å². The van der Waals surface area contributed by atoms with E-state index in [4.69, 9.17) is 15.6 Å². The number of nitrogen functional groups attached to an aromatic ring is 1. The second-order valence-corrected chi connectivity index (χ2v) is 11.0. The second kappa shape index (κ2) is 9.03. The quantitative estimate of drug-likeness (QED) is 0.424. The summed E-state index contributed by atoms with van der Waals surface area (Å²) in [6.45, 7) is 1.87. The maximum Gasteiger partial charge on any atom is 0.490 e. The number of alkyl halides is 3. The minimum Gasteiger partial charge on any atom is -0.475 e. The standard InChI is InChI=1S/C20H20N8O2S.C2HF3O2/c1-12-3-4-13(31(29,30)27-20-7-19(8-20,9-20)10-21)5-14(12)15-6-23-17(22)16(25-15)18-24-11-28(2)26-18;3-2(4,5)1(6)7/h3-6,11,27H,7-9H2,1-2H3,(H2,22,23);(H,6,7). The lowest BCUT2D eigenvalue weighted by atomic mass is 9.40. The number of aryl methyl sites for hydroxylation is 2. The zero-order valence-electron chi connectivity index (χ0n) is 20.0. The Hall–Kier alpha value is -4.10. The number of nitrogens with one attached hydrogen (secondary N) is 1. The van der Waals surface area contributed by atoms with Crippen LogP contribution in [0.5, 0.6) is 0 Å². The highest BCUT2D eigenvalue weighted by molar-refractivity contribution is 7.89. The van der Waals surface area contributed by atoms with E-state index in [1.807, 2.05) is 6.92 Å². The average Bonchev–Trinajstić information content (AvgIpc) is 3.21. The molecule has 0 amide bonds. The van der Waals surface area contributed by atoms with Gasteiger partial charge in [0.1, 0.15) is 6.33 Å². The number of benzene rings is 1. The van der Waals surface area contributed by atoms with E-state index >= 15 is 0 Å². The Morgan fingerprint density at radius 1 is 1.26 bits per heavy atom. The van der Waals surface area contributed by atoms with Gasteiger partial charge in [0.15, 0.2) is 11.5 Å². The molecule has 3 saturated carbocycles. The number of sulfonamides is 1. The largest absolute Gasteiger partial charge is 0.490 e. The molecule has 3 aromatic rings. The highest BCUT2D eigenvalue weighted by Gasteiger charge is 2.69. The van der Waals surface area contributed by atoms with Crippen LogP contribution in [0.2, 0.25) is 0 Å². The van der Waals surface area contributed by atoms with Gasteiger partial charge in [0.2, 0.25) is 15.8 Å². The van der Waals surface area contributed by atoms with Gasteiger partial charge in [0.25, 0.3) is 0 Å². The van der Waals surface area contributed by atoms with E-state index in [0.29, 0.717) is 42.0 Å². The smallest absolute Gasteiger partial charge is 0.475 e. The topological polar surface area (TPSA) is 190 Å². The van der Waals surface area contributed by atoms with Crippen LogP contribution in [0.4, 0.5) is 19.0 Å². The van der Waals surface area contributed by atoms with Crippen LogP contribution in [-0.4, -0.2) is 55.9 Å². The molecule has 16 heteroatoms. The van der Waals surface area contributed by atoms with Crippen molar-refractivity contribution >= 4 is 21.8 Å². The molecule has 2 bridgehead atoms. The van der Waals surface area contributed by atoms with Crippen LogP contribution in [-0.2, 0) is 21.9 Å². The summed E-state index contributed by atoms with van der Waals surface area (Å²) in [5, 5.41) is 20.5. The molecule has 3 fully saturated rings. The predicted octanol–water partition coefficient (Wildman–Crippen LogP) is 2.19. The molecule has 1 aromatic carbocycles. The van der Waals surface area contributed by atoms with Gasteiger partial charge in [-0.1, -0.05) is 6.07 Å². The minimum absolute atomic E-state index is 0.139. The number of nitriles is 1. The second-order valence-electron chi connectivity index (χ2n) is 9.32. The summed E-state index contributed by atoms with van der Waals surface area (Å²) in [6, 6.07) is 7.17. The number of carboxylic acid groups (broad SMARTS) is 1. The Morgan fingerprint density at radius 2 is 1.89 bits per heavy atom. The minimum atomic E-state index is -5.08. The van der Waals surface area contributed by atoms with E-state index in [-0.39, 0.29) is 16.1 Å². The predicted molar refractivity (Wildman–Crippen MR) is 125 cm³/mol. The number of hydrogen-bond acceptors (Lipinski definition) is 9. The molecule has 0 spiro atoms. The van der Waals surface area contributed by atoms with Gasteiger partial charge in [-0.2, -0.15) is 18.4 Å². The maximum atomic E-state index is 13.0. The van der Waals surface area contributed by atoms with Crippen molar-refractivity contribution in [2.75, 3.05) is 5.73 Å². The Labute approximate surface area is 214 Å². The van der Waals surface area contributed by atoms with Crippen molar-refractivity contribution in [2.45, 2.75) is 42.8 Å². The fraction of sp³-hybridized carbons (Fsp3) is 0.364. The van der Waals surface area contributed by atoms with Crippen LogP contribution in [0.3, 0.4) is 0 Å². The van der Waals surface area contributed by atoms with Gasteiger partial charge in [0.05, 0.1) is 28.3 Å². The molecule has 12 nitrogen and oxygen atoms in total. The number of halogens is 3. The summed E-state index contributed by atoms with van der Waals surface area (Å²) in [4.78, 5) is 22.0. The summed E-state index contributed by atoms with van der Waals surface area (Å²) >= 11 is 0. The zero-order valence-corrected chi connectivity index (χ0v) is 20.8. The lowest BCUT2D eigenvalue weighted by molar-refractivity contribution is -0.192. The number of carbonyl (C=O) groups is 1. The molecule has 0 aliphatic heterocycles. The third-order valence-corrected chi connectivity index (χ3v) is 7.84. The number of carboxylic acids is 1. The van der Waals surface area contributed by atoms with Crippen LogP contribution in [0.1, 0.15) is 24.8 Å². The Balaban J connectivity index is 0.000000426. The lowest BCUT2D eigenvalue weighted by Crippen LogP contribution is -2.74. The molecule has 2 aromatic heterocycles. The number of aromatic nitrogens is 5. The van der Waals surface area contributed by atoms with Crippen molar-refractivity contribution in [3.8, 4) is 28.8 Å². The van der Waals surface area contributed by atoms with Gasteiger partial charge in [-0.25, -0.2) is 32.9 Å². The Morgan fingerprint density at radius 3 is 2.42 bits per heavy atom. The van der Waals surface area contributed by atoms with Gasteiger partial charge in [-0.15, -0.1) is 5.10 Å². The summed E-state index contributed by atoms with van der Waals surface area (Å²) in [5.41, 5.74) is 7.42. The fourth-order valence-corrected chi connectivity index (χ4v) is 5.97. The van der Waals surface area contributed by atoms with Crippen LogP contribution in [0, 0.1) is 23.7 Å². The first kappa shape index (κ1) is 26.9. The number of nitrogens with zero attached hydrogens (tertiary/aromatic N) is 6. The highest BCUT2D eigenvalue weighted by atomic mass is 32.2. The summed E-state index contributed by atoms with van der Waals surface area (Å²) in [5.74, 6) is -2.23.